The van der Waals surface area contributed by atoms with E-state index in [0.717, 1.165) is 74.0 Å². The first kappa shape index (κ1) is 52.0. The molecule has 0 aliphatic carbocycles. The summed E-state index contributed by atoms with van der Waals surface area (Å²) in [5, 5.41) is 40.1. The summed E-state index contributed by atoms with van der Waals surface area (Å²) in [5.41, 5.74) is 10.4. The molecule has 11 heteroatoms. The molecule has 9 rings (SSSR count). The van der Waals surface area contributed by atoms with Crippen LogP contribution in [-0.4, -0.2) is 5.97 Å². The van der Waals surface area contributed by atoms with Gasteiger partial charge in [0.05, 0.1) is 51.9 Å². The van der Waals surface area contributed by atoms with Gasteiger partial charge in [0.1, 0.15) is 18.1 Å². The zero-order chi connectivity index (χ0) is 52.2. The molecule has 11 nitrogen and oxygen atoms in total. The lowest BCUT2D eigenvalue weighted by Crippen LogP contribution is -2.11. The Morgan fingerprint density at radius 1 is 0.342 bits per heavy atom. The number of aryl methyl sites for hydroxylation is 2. The quantitative estimate of drug-likeness (QED) is 0.0258. The Labute approximate surface area is 445 Å². The first-order chi connectivity index (χ1) is 37.5. The van der Waals surface area contributed by atoms with Crippen LogP contribution in [0.3, 0.4) is 0 Å². The van der Waals surface area contributed by atoms with Crippen molar-refractivity contribution < 1.29 is 14.3 Å². The van der Waals surface area contributed by atoms with Crippen molar-refractivity contribution in [2.45, 2.75) is 91.1 Å². The average molecular weight is 1000 g/mol. The highest BCUT2D eigenvalue weighted by Crippen LogP contribution is 2.37. The van der Waals surface area contributed by atoms with Crippen LogP contribution in [0.1, 0.15) is 87.5 Å². The predicted octanol–water partition coefficient (Wildman–Crippen LogP) is 20.6. The van der Waals surface area contributed by atoms with Gasteiger partial charge in [-0.05, 0) is 145 Å². The Balaban J connectivity index is 0.722. The molecule has 0 aliphatic rings. The fourth-order valence-corrected chi connectivity index (χ4v) is 8.72. The number of hydrogen-bond acceptors (Lipinski definition) is 11. The summed E-state index contributed by atoms with van der Waals surface area (Å²) < 4.78 is 11.7. The number of carbonyl (C=O) groups excluding carboxylic acids is 1. The third-order valence-corrected chi connectivity index (χ3v) is 13.0. The molecule has 380 valence electrons. The highest BCUT2D eigenvalue weighted by Gasteiger charge is 2.10. The van der Waals surface area contributed by atoms with E-state index in [9.17, 15) is 4.79 Å². The van der Waals surface area contributed by atoms with Gasteiger partial charge in [0, 0.05) is 21.5 Å². The monoisotopic (exact) mass is 1000 g/mol. The summed E-state index contributed by atoms with van der Waals surface area (Å²) in [4.78, 5) is 12.9. The molecule has 0 aliphatic heterocycles. The lowest BCUT2D eigenvalue weighted by molar-refractivity contribution is -0.133. The molecular weight excluding hydrogens is 941 g/mol. The maximum absolute atomic E-state index is 12.9. The molecule has 0 unspecified atom stereocenters. The standard InChI is InChI=1S/C65H62N8O3/c1-3-5-7-8-9-10-16-48-27-31-52(32-28-48)67-71-62-42-44-64(60-20-14-12-18-58(60)62)73-69-54-35-39-56(40-36-54)76-65(74)45-49-21-23-50(24-22-49)46-75-55-37-33-53(34-38-55)68-72-63-43-41-61(57-17-11-13-19-59(57)63)70-66-51-29-25-47(26-30-51)15-6-4-2/h11-14,17-44H,3-10,15-16,45-46H2,1-2H3. The van der Waals surface area contributed by atoms with Crippen molar-refractivity contribution >= 4 is 73.0 Å². The molecule has 0 bridgehead atoms. The molecule has 76 heavy (non-hydrogen) atoms. The van der Waals surface area contributed by atoms with Crippen LogP contribution in [0.4, 0.5) is 45.5 Å². The van der Waals surface area contributed by atoms with Crippen LogP contribution < -0.4 is 9.47 Å². The van der Waals surface area contributed by atoms with E-state index in [4.69, 9.17) is 9.47 Å². The van der Waals surface area contributed by atoms with Crippen LogP contribution >= 0.6 is 0 Å². The minimum absolute atomic E-state index is 0.117. The molecule has 0 saturated heterocycles. The van der Waals surface area contributed by atoms with Gasteiger partial charge in [-0.15, -0.1) is 20.5 Å². The smallest absolute Gasteiger partial charge is 0.315 e. The molecule has 0 saturated carbocycles. The fraction of sp³-hybridized carbons (Fsp3) is 0.215. The third kappa shape index (κ3) is 14.9. The van der Waals surface area contributed by atoms with Crippen molar-refractivity contribution in [2.24, 2.45) is 40.9 Å². The molecule has 9 aromatic carbocycles. The van der Waals surface area contributed by atoms with Crippen molar-refractivity contribution in [1.82, 2.24) is 0 Å². The SMILES string of the molecule is CCCCCCCCc1ccc(N=Nc2ccc(N=Nc3ccc(OC(=O)Cc4ccc(COc5ccc(N=Nc6ccc(N=Nc7ccc(CCCC)cc7)c7ccccc67)cc5)cc4)cc3)c3ccccc23)cc1. The van der Waals surface area contributed by atoms with Crippen LogP contribution in [0, 0.1) is 0 Å². The van der Waals surface area contributed by atoms with Gasteiger partial charge < -0.3 is 9.47 Å². The first-order valence-corrected chi connectivity index (χ1v) is 26.5. The molecule has 0 N–H and O–H groups in total. The molecule has 9 aromatic rings. The van der Waals surface area contributed by atoms with Crippen LogP contribution in [0.2, 0.25) is 0 Å². The number of fused-ring (bicyclic) bond motifs is 2. The summed E-state index contributed by atoms with van der Waals surface area (Å²) in [5.74, 6) is 0.758. The highest BCUT2D eigenvalue weighted by molar-refractivity contribution is 6.00. The molecule has 0 heterocycles. The van der Waals surface area contributed by atoms with Crippen molar-refractivity contribution in [2.75, 3.05) is 0 Å². The normalized spacial score (nSPS) is 11.8. The van der Waals surface area contributed by atoms with Gasteiger partial charge in [-0.2, -0.15) is 20.5 Å². The van der Waals surface area contributed by atoms with Crippen molar-refractivity contribution in [3.05, 3.63) is 216 Å². The van der Waals surface area contributed by atoms with E-state index in [0.29, 0.717) is 35.2 Å². The average Bonchev–Trinajstić information content (AvgIpc) is 3.47. The van der Waals surface area contributed by atoms with Crippen LogP contribution in [0.5, 0.6) is 11.5 Å². The maximum atomic E-state index is 12.9. The third-order valence-electron chi connectivity index (χ3n) is 13.0. The van der Waals surface area contributed by atoms with Gasteiger partial charge in [0.25, 0.3) is 0 Å². The molecule has 0 amide bonds. The Morgan fingerprint density at radius 2 is 0.697 bits per heavy atom. The molecule has 0 spiro atoms. The predicted molar refractivity (Wildman–Crippen MR) is 306 cm³/mol. The minimum atomic E-state index is -0.369. The second-order valence-electron chi connectivity index (χ2n) is 18.8. The van der Waals surface area contributed by atoms with Gasteiger partial charge >= 0.3 is 5.97 Å². The number of nitrogens with zero attached hydrogens (tertiary/aromatic N) is 8. The zero-order valence-corrected chi connectivity index (χ0v) is 43.3. The van der Waals surface area contributed by atoms with E-state index in [-0.39, 0.29) is 12.4 Å². The summed E-state index contributed by atoms with van der Waals surface area (Å²) in [6.07, 6.45) is 12.4. The van der Waals surface area contributed by atoms with Crippen molar-refractivity contribution in [3.8, 4) is 11.5 Å². The van der Waals surface area contributed by atoms with Crippen LogP contribution in [0.25, 0.3) is 21.5 Å². The highest BCUT2D eigenvalue weighted by atomic mass is 16.5. The number of rotatable bonds is 24. The summed E-state index contributed by atoms with van der Waals surface area (Å²) in [6, 6.07) is 62.5. The van der Waals surface area contributed by atoms with Crippen LogP contribution in [-0.2, 0) is 30.7 Å². The summed E-state index contributed by atoms with van der Waals surface area (Å²) in [6.45, 7) is 4.81. The van der Waals surface area contributed by atoms with Crippen molar-refractivity contribution in [3.63, 3.8) is 0 Å². The van der Waals surface area contributed by atoms with E-state index >= 15 is 0 Å². The van der Waals surface area contributed by atoms with Crippen LogP contribution in [0.15, 0.2) is 235 Å². The van der Waals surface area contributed by atoms with E-state index in [2.05, 4.69) is 79.0 Å². The van der Waals surface area contributed by atoms with Gasteiger partial charge in [-0.25, -0.2) is 0 Å². The number of unbranched alkanes of at least 4 members (excludes halogenated alkanes) is 6. The number of benzene rings is 9. The Kier molecular flexibility index (Phi) is 18.4. The lowest BCUT2D eigenvalue weighted by atomic mass is 10.0. The Morgan fingerprint density at radius 3 is 1.13 bits per heavy atom. The number of hydrogen-bond donors (Lipinski definition) is 0. The van der Waals surface area contributed by atoms with Gasteiger partial charge in [-0.1, -0.05) is 149 Å². The fourth-order valence-electron chi connectivity index (χ4n) is 8.72. The van der Waals surface area contributed by atoms with E-state index in [1.807, 2.05) is 146 Å². The molecule has 0 radical (unpaired) electrons. The second-order valence-corrected chi connectivity index (χ2v) is 18.8. The number of azo groups is 4. The number of ether oxygens (including phenoxy) is 2. The van der Waals surface area contributed by atoms with E-state index in [1.165, 1.54) is 62.5 Å². The molecule has 0 atom stereocenters. The van der Waals surface area contributed by atoms with E-state index in [1.54, 1.807) is 24.3 Å². The Bertz CT molecular complexity index is 3440. The summed E-state index contributed by atoms with van der Waals surface area (Å²) in [7, 11) is 0. The van der Waals surface area contributed by atoms with E-state index < -0.39 is 0 Å². The first-order valence-electron chi connectivity index (χ1n) is 26.5. The molecule has 0 fully saturated rings. The lowest BCUT2D eigenvalue weighted by Gasteiger charge is -2.08. The summed E-state index contributed by atoms with van der Waals surface area (Å²) >= 11 is 0. The maximum Gasteiger partial charge on any atom is 0.315 e. The largest absolute Gasteiger partial charge is 0.489 e. The van der Waals surface area contributed by atoms with Crippen molar-refractivity contribution in [1.29, 1.82) is 0 Å². The molecular formula is C65H62N8O3. The number of carbonyl (C=O) groups is 1. The number of esters is 1. The minimum Gasteiger partial charge on any atom is -0.489 e. The zero-order valence-electron chi connectivity index (χ0n) is 43.3. The van der Waals surface area contributed by atoms with Gasteiger partial charge in [-0.3, -0.25) is 4.79 Å². The second kappa shape index (κ2) is 26.9. The Hall–Kier alpha value is -8.83. The topological polar surface area (TPSA) is 134 Å². The molecule has 0 aromatic heterocycles. The van der Waals surface area contributed by atoms with Gasteiger partial charge in [0.2, 0.25) is 0 Å². The van der Waals surface area contributed by atoms with Gasteiger partial charge in [0.15, 0.2) is 0 Å².